The Bertz CT molecular complexity index is 2690. The first-order chi connectivity index (χ1) is 32.5. The standard InChI is InChI=1S/C57H62O10/c1-35(2)46-23-18-36-16-19-39(20-17-36)47-24-21-41(40-13-9-12-38(29-40)28-37-10-5-4-6-11-37)30-44(47)32-50(60)64-53-51-49(67-57(3,45-14-7-8-15-45)54(53)66-55(46)61)25-22-42-31-48(56(62)65-52(42)51)43(26-27-58)33-63-34-59/h4-6,9-13,16-17,19-22,24-25,29,31,41,43-45,47,53-54,58-59H,7-8,14-15,18,23,26-28,30,32-34H2,1-3H3. The summed E-state index contributed by atoms with van der Waals surface area (Å²) in [5.41, 5.74) is 6.24. The summed E-state index contributed by atoms with van der Waals surface area (Å²) in [7, 11) is 0. The summed E-state index contributed by atoms with van der Waals surface area (Å²) in [6, 6.07) is 33.1. The number of benzene rings is 4. The summed E-state index contributed by atoms with van der Waals surface area (Å²) in [5.74, 6) is -1.30. The average molecular weight is 907 g/mol. The Labute approximate surface area is 392 Å². The lowest BCUT2D eigenvalue weighted by atomic mass is 9.72. The van der Waals surface area contributed by atoms with Gasteiger partial charge in [0.2, 0.25) is 0 Å². The molecule has 7 atom stereocenters. The van der Waals surface area contributed by atoms with Crippen LogP contribution in [0.4, 0.5) is 0 Å². The van der Waals surface area contributed by atoms with E-state index in [1.54, 1.807) is 6.07 Å². The van der Waals surface area contributed by atoms with Crippen LogP contribution >= 0.6 is 0 Å². The number of carbonyl (C=O) groups is 2. The number of esters is 2. The quantitative estimate of drug-likeness (QED) is 0.0457. The lowest BCUT2D eigenvalue weighted by Gasteiger charge is -2.48. The first-order valence-electron chi connectivity index (χ1n) is 24.1. The smallest absolute Gasteiger partial charge is 0.339 e. The van der Waals surface area contributed by atoms with Crippen LogP contribution in [0.15, 0.2) is 130 Å². The topological polar surface area (TPSA) is 142 Å². The lowest BCUT2D eigenvalue weighted by Crippen LogP contribution is -2.58. The maximum absolute atomic E-state index is 15.1. The monoisotopic (exact) mass is 906 g/mol. The normalized spacial score (nSPS) is 24.9. The summed E-state index contributed by atoms with van der Waals surface area (Å²) in [5, 5.41) is 19.8. The van der Waals surface area contributed by atoms with E-state index in [2.05, 4.69) is 84.9 Å². The Balaban J connectivity index is 1.15. The van der Waals surface area contributed by atoms with Crippen LogP contribution in [0, 0.1) is 11.8 Å². The number of allylic oxidation sites excluding steroid dienone is 3. The largest absolute Gasteiger partial charge is 0.483 e. The van der Waals surface area contributed by atoms with Crippen LogP contribution in [0.3, 0.4) is 0 Å². The number of rotatable bonds is 10. The second-order valence-electron chi connectivity index (χ2n) is 19.4. The molecule has 5 aliphatic rings. The fourth-order valence-corrected chi connectivity index (χ4v) is 11.3. The molecule has 5 aromatic rings. The molecule has 0 spiro atoms. The fraction of sp³-hybridized carbons (Fsp3) is 0.421. The van der Waals surface area contributed by atoms with Crippen molar-refractivity contribution in [3.63, 3.8) is 0 Å². The second-order valence-corrected chi connectivity index (χ2v) is 19.4. The van der Waals surface area contributed by atoms with E-state index in [0.29, 0.717) is 41.5 Å². The van der Waals surface area contributed by atoms with Crippen molar-refractivity contribution in [3.05, 3.63) is 170 Å². The van der Waals surface area contributed by atoms with E-state index in [4.69, 9.17) is 23.4 Å². The number of ether oxygens (including phenoxy) is 4. The highest BCUT2D eigenvalue weighted by Gasteiger charge is 2.57. The predicted octanol–water partition coefficient (Wildman–Crippen LogP) is 10.5. The summed E-state index contributed by atoms with van der Waals surface area (Å²) >= 11 is 0. The molecule has 2 bridgehead atoms. The van der Waals surface area contributed by atoms with E-state index in [1.807, 2.05) is 39.0 Å². The number of fused-ring (bicyclic) bond motifs is 11. The molecule has 4 heterocycles. The third-order valence-electron chi connectivity index (χ3n) is 14.9. The minimum atomic E-state index is -1.19. The molecule has 3 aliphatic heterocycles. The maximum atomic E-state index is 15.1. The minimum absolute atomic E-state index is 0.00656. The van der Waals surface area contributed by atoms with E-state index in [0.717, 1.165) is 48.8 Å². The van der Waals surface area contributed by atoms with Crippen LogP contribution in [0.2, 0.25) is 0 Å². The number of hydrogen-bond acceptors (Lipinski definition) is 10. The van der Waals surface area contributed by atoms with Crippen molar-refractivity contribution < 1.29 is 43.2 Å². The second kappa shape index (κ2) is 20.2. The van der Waals surface area contributed by atoms with Gasteiger partial charge in [-0.3, -0.25) is 4.79 Å². The van der Waals surface area contributed by atoms with Gasteiger partial charge < -0.3 is 33.6 Å². The summed E-state index contributed by atoms with van der Waals surface area (Å²) < 4.78 is 32.1. The van der Waals surface area contributed by atoms with E-state index in [1.165, 1.54) is 16.7 Å². The zero-order valence-corrected chi connectivity index (χ0v) is 38.8. The Morgan fingerprint density at radius 1 is 0.836 bits per heavy atom. The summed E-state index contributed by atoms with van der Waals surface area (Å²) in [6.07, 6.45) is 8.78. The van der Waals surface area contributed by atoms with Crippen LogP contribution in [0.5, 0.6) is 5.75 Å². The molecule has 350 valence electrons. The van der Waals surface area contributed by atoms with Gasteiger partial charge in [0.05, 0.1) is 12.2 Å². The van der Waals surface area contributed by atoms with Gasteiger partial charge in [-0.15, -0.1) is 0 Å². The van der Waals surface area contributed by atoms with Crippen molar-refractivity contribution in [2.45, 2.75) is 121 Å². The molecule has 0 amide bonds. The van der Waals surface area contributed by atoms with Crippen molar-refractivity contribution in [1.29, 1.82) is 0 Å². The third-order valence-corrected chi connectivity index (χ3v) is 14.9. The molecule has 10 rings (SSSR count). The average Bonchev–Trinajstić information content (AvgIpc) is 3.88. The van der Waals surface area contributed by atoms with Gasteiger partial charge in [0, 0.05) is 53.2 Å². The molecule has 1 saturated carbocycles. The summed E-state index contributed by atoms with van der Waals surface area (Å²) in [4.78, 5) is 43.8. The molecule has 67 heavy (non-hydrogen) atoms. The van der Waals surface area contributed by atoms with E-state index in [-0.39, 0.29) is 60.9 Å². The molecule has 10 nitrogen and oxygen atoms in total. The molecular weight excluding hydrogens is 845 g/mol. The first-order valence-corrected chi connectivity index (χ1v) is 24.1. The Hall–Kier alpha value is -5.81. The maximum Gasteiger partial charge on any atom is 0.339 e. The molecule has 2 N–H and O–H groups in total. The van der Waals surface area contributed by atoms with Gasteiger partial charge >= 0.3 is 17.6 Å². The number of aliphatic hydroxyl groups excluding tert-OH is 2. The fourth-order valence-electron chi connectivity index (χ4n) is 11.3. The minimum Gasteiger partial charge on any atom is -0.483 e. The van der Waals surface area contributed by atoms with Crippen LogP contribution in [0.25, 0.3) is 11.0 Å². The number of hydrogen-bond donors (Lipinski definition) is 2. The van der Waals surface area contributed by atoms with Crippen molar-refractivity contribution in [2.75, 3.05) is 20.0 Å². The number of aliphatic hydroxyl groups is 2. The van der Waals surface area contributed by atoms with Crippen LogP contribution in [-0.2, 0) is 36.6 Å². The van der Waals surface area contributed by atoms with Crippen molar-refractivity contribution >= 4 is 22.9 Å². The van der Waals surface area contributed by atoms with E-state index >= 15 is 4.79 Å². The SMILES string of the molecule is CC(C)=C1CCc2ccc(cc2)C2C=CC(c3cccc(Cc4ccccc4)c3)CC2CC(=O)OC2c3c(ccc4cc(C(CCO)COCO)c(=O)oc34)OC(C)(C3CCCC3)C2OC1=O. The molecule has 1 aromatic heterocycles. The Kier molecular flexibility index (Phi) is 14.0. The van der Waals surface area contributed by atoms with Crippen molar-refractivity contribution in [2.24, 2.45) is 11.8 Å². The molecule has 1 fully saturated rings. The first kappa shape index (κ1) is 46.3. The van der Waals surface area contributed by atoms with Crippen molar-refractivity contribution in [1.82, 2.24) is 0 Å². The van der Waals surface area contributed by atoms with Gasteiger partial charge in [0.25, 0.3) is 0 Å². The lowest BCUT2D eigenvalue weighted by molar-refractivity contribution is -0.199. The molecule has 7 unspecified atom stereocenters. The molecule has 0 saturated heterocycles. The Morgan fingerprint density at radius 2 is 1.61 bits per heavy atom. The van der Waals surface area contributed by atoms with Crippen LogP contribution in [0.1, 0.15) is 135 Å². The van der Waals surface area contributed by atoms with Crippen LogP contribution < -0.4 is 10.4 Å². The molecule has 4 aromatic carbocycles. The molecule has 2 aliphatic carbocycles. The van der Waals surface area contributed by atoms with Crippen molar-refractivity contribution in [3.8, 4) is 5.75 Å². The highest BCUT2D eigenvalue weighted by molar-refractivity contribution is 5.90. The highest BCUT2D eigenvalue weighted by atomic mass is 16.6. The van der Waals surface area contributed by atoms with Gasteiger partial charge in [-0.2, -0.15) is 0 Å². The zero-order valence-electron chi connectivity index (χ0n) is 38.8. The van der Waals surface area contributed by atoms with Gasteiger partial charge in [0.1, 0.15) is 23.7 Å². The van der Waals surface area contributed by atoms with E-state index in [9.17, 15) is 19.8 Å². The zero-order chi connectivity index (χ0) is 46.7. The Morgan fingerprint density at radius 3 is 2.36 bits per heavy atom. The van der Waals surface area contributed by atoms with Crippen LogP contribution in [-0.4, -0.2) is 53.9 Å². The highest BCUT2D eigenvalue weighted by Crippen LogP contribution is 2.53. The predicted molar refractivity (Wildman–Crippen MR) is 256 cm³/mol. The van der Waals surface area contributed by atoms with E-state index < -0.39 is 48.1 Å². The third kappa shape index (κ3) is 9.80. The number of carbonyl (C=O) groups excluding carboxylic acids is 2. The molecule has 10 heteroatoms. The summed E-state index contributed by atoms with van der Waals surface area (Å²) in [6.45, 7) is 5.03. The molecule has 0 radical (unpaired) electrons. The van der Waals surface area contributed by atoms with Gasteiger partial charge in [-0.25, -0.2) is 9.59 Å². The van der Waals surface area contributed by atoms with Gasteiger partial charge in [-0.1, -0.05) is 109 Å². The van der Waals surface area contributed by atoms with Gasteiger partial charge in [-0.05, 0) is 118 Å². The molecular formula is C57H62O10. The number of aryl methyl sites for hydroxylation is 1. The van der Waals surface area contributed by atoms with Gasteiger partial charge in [0.15, 0.2) is 12.2 Å².